The van der Waals surface area contributed by atoms with Crippen LogP contribution in [0.4, 0.5) is 0 Å². The Labute approximate surface area is 335 Å². The molecule has 0 aliphatic carbocycles. The smallest absolute Gasteiger partial charge is 0.472 e. The van der Waals surface area contributed by atoms with Gasteiger partial charge in [0, 0.05) is 19.4 Å². The Bertz CT molecular complexity index is 979. The fraction of sp³-hybridized carbons (Fsp3) is 0.884. The first kappa shape index (κ1) is 53.2. The Morgan fingerprint density at radius 2 is 1.00 bits per heavy atom. The monoisotopic (exact) mass is 804 g/mol. The number of unbranched alkanes of at least 4 members (excludes halogenated alkanes) is 25. The van der Waals surface area contributed by atoms with Gasteiger partial charge < -0.3 is 24.8 Å². The highest BCUT2D eigenvalue weighted by molar-refractivity contribution is 7.47. The van der Waals surface area contributed by atoms with E-state index in [2.05, 4.69) is 31.3 Å². The molecule has 2 atom stereocenters. The van der Waals surface area contributed by atoms with Crippen molar-refractivity contribution in [3.05, 3.63) is 12.2 Å². The van der Waals surface area contributed by atoms with Crippen molar-refractivity contribution in [2.75, 3.05) is 32.9 Å². The van der Waals surface area contributed by atoms with E-state index >= 15 is 0 Å². The molecule has 0 saturated carbocycles. The minimum Gasteiger partial charge on any atom is -0.480 e. The first-order valence-electron chi connectivity index (χ1n) is 22.2. The van der Waals surface area contributed by atoms with E-state index in [1.807, 2.05) is 0 Å². The first-order valence-corrected chi connectivity index (χ1v) is 23.7. The van der Waals surface area contributed by atoms with Crippen LogP contribution in [0.5, 0.6) is 0 Å². The maximum atomic E-state index is 12.6. The molecule has 0 fully saturated rings. The molecule has 55 heavy (non-hydrogen) atoms. The van der Waals surface area contributed by atoms with Crippen LogP contribution in [0.25, 0.3) is 0 Å². The number of carboxylic acids is 1. The molecule has 0 saturated heterocycles. The highest BCUT2D eigenvalue weighted by Crippen LogP contribution is 2.43. The maximum Gasteiger partial charge on any atom is 0.472 e. The molecule has 0 aromatic heterocycles. The topological polar surface area (TPSA) is 158 Å². The van der Waals surface area contributed by atoms with E-state index in [0.29, 0.717) is 12.8 Å². The number of hydrogen-bond acceptors (Lipinski definition) is 9. The van der Waals surface area contributed by atoms with Gasteiger partial charge in [0.05, 0.1) is 19.8 Å². The Morgan fingerprint density at radius 1 is 0.582 bits per heavy atom. The number of carbonyl (C=O) groups excluding carboxylic acids is 2. The number of esters is 2. The molecular formula is C43H82NO10P. The van der Waals surface area contributed by atoms with Gasteiger partial charge in [-0.15, -0.1) is 0 Å². The molecule has 1 unspecified atom stereocenters. The van der Waals surface area contributed by atoms with Gasteiger partial charge in [0.2, 0.25) is 0 Å². The molecule has 0 aliphatic heterocycles. The van der Waals surface area contributed by atoms with Gasteiger partial charge in [-0.1, -0.05) is 167 Å². The van der Waals surface area contributed by atoms with Gasteiger partial charge in [-0.25, -0.2) is 4.57 Å². The number of ether oxygens (including phenoxy) is 2. The van der Waals surface area contributed by atoms with Crippen molar-refractivity contribution in [3.8, 4) is 0 Å². The average Bonchev–Trinajstić information content (AvgIpc) is 3.15. The predicted octanol–water partition coefficient (Wildman–Crippen LogP) is 11.5. The van der Waals surface area contributed by atoms with Crippen molar-refractivity contribution in [1.82, 2.24) is 5.32 Å². The van der Waals surface area contributed by atoms with Crippen LogP contribution in [0, 0.1) is 0 Å². The second-order valence-electron chi connectivity index (χ2n) is 15.0. The van der Waals surface area contributed by atoms with Crippen molar-refractivity contribution in [2.24, 2.45) is 0 Å². The summed E-state index contributed by atoms with van der Waals surface area (Å²) >= 11 is 0. The molecule has 0 bridgehead atoms. The summed E-state index contributed by atoms with van der Waals surface area (Å²) in [5.41, 5.74) is 0. The van der Waals surface area contributed by atoms with Gasteiger partial charge in [-0.3, -0.25) is 23.4 Å². The fourth-order valence-corrected chi connectivity index (χ4v) is 6.99. The van der Waals surface area contributed by atoms with Crippen LogP contribution in [0.2, 0.25) is 0 Å². The summed E-state index contributed by atoms with van der Waals surface area (Å²) < 4.78 is 33.1. The number of aliphatic carboxylic acids is 1. The van der Waals surface area contributed by atoms with Gasteiger partial charge in [0.15, 0.2) is 6.10 Å². The lowest BCUT2D eigenvalue weighted by Crippen LogP contribution is -2.30. The lowest BCUT2D eigenvalue weighted by atomic mass is 10.0. The second-order valence-corrected chi connectivity index (χ2v) is 16.5. The molecule has 324 valence electrons. The molecule has 0 heterocycles. The molecule has 0 spiro atoms. The maximum absolute atomic E-state index is 12.6. The van der Waals surface area contributed by atoms with Crippen LogP contribution in [-0.2, 0) is 37.5 Å². The average molecular weight is 804 g/mol. The Morgan fingerprint density at radius 3 is 1.45 bits per heavy atom. The zero-order valence-corrected chi connectivity index (χ0v) is 36.0. The molecule has 0 amide bonds. The number of phosphoric acid groups is 1. The van der Waals surface area contributed by atoms with E-state index in [-0.39, 0.29) is 39.1 Å². The second kappa shape index (κ2) is 40.4. The number of nitrogens with one attached hydrogen (secondary N) is 1. The highest BCUT2D eigenvalue weighted by atomic mass is 31.2. The van der Waals surface area contributed by atoms with E-state index in [4.69, 9.17) is 23.6 Å². The number of carbonyl (C=O) groups is 3. The lowest BCUT2D eigenvalue weighted by molar-refractivity contribution is -0.161. The van der Waals surface area contributed by atoms with Gasteiger partial charge in [0.1, 0.15) is 6.61 Å². The van der Waals surface area contributed by atoms with Crippen molar-refractivity contribution in [2.45, 2.75) is 213 Å². The molecule has 0 radical (unpaired) electrons. The lowest BCUT2D eigenvalue weighted by Gasteiger charge is -2.20. The summed E-state index contributed by atoms with van der Waals surface area (Å²) in [6, 6.07) is 0. The standard InChI is InChI=1S/C43H82NO10P/c1-3-5-7-9-11-13-15-17-19-21-23-25-27-29-31-33-42(47)51-38-40(39-53-55(49,50)52-36-35-44-37-41(45)46)54-43(48)34-32-30-28-26-24-22-20-18-16-14-12-10-8-6-4-2/h18,20,40,44H,3-17,19,21-39H2,1-2H3,(H,45,46)(H,49,50)/b20-18-/t40-/m1/s1. The molecular weight excluding hydrogens is 721 g/mol. The molecule has 0 aromatic carbocycles. The van der Waals surface area contributed by atoms with Gasteiger partial charge in [-0.05, 0) is 38.5 Å². The van der Waals surface area contributed by atoms with Crippen LogP contribution < -0.4 is 5.32 Å². The zero-order chi connectivity index (χ0) is 40.5. The molecule has 11 nitrogen and oxygen atoms in total. The van der Waals surface area contributed by atoms with E-state index in [9.17, 15) is 23.8 Å². The minimum atomic E-state index is -4.53. The van der Waals surface area contributed by atoms with Crippen molar-refractivity contribution >= 4 is 25.7 Å². The van der Waals surface area contributed by atoms with Crippen molar-refractivity contribution in [3.63, 3.8) is 0 Å². The third-order valence-corrected chi connectivity index (χ3v) is 10.6. The first-order chi connectivity index (χ1) is 26.7. The third kappa shape index (κ3) is 41.7. The van der Waals surface area contributed by atoms with E-state index in [0.717, 1.165) is 57.8 Å². The van der Waals surface area contributed by atoms with Crippen LogP contribution >= 0.6 is 7.82 Å². The van der Waals surface area contributed by atoms with Gasteiger partial charge in [0.25, 0.3) is 0 Å². The Balaban J connectivity index is 4.36. The Hall–Kier alpha value is -1.78. The SMILES string of the molecule is CCCCCCCC/C=C\CCCCCCCC(=O)O[C@H](COC(=O)CCCCCCCCCCCCCCCCC)COP(=O)(O)OCCNCC(=O)O. The zero-order valence-electron chi connectivity index (χ0n) is 35.1. The van der Waals surface area contributed by atoms with E-state index < -0.39 is 38.4 Å². The number of allylic oxidation sites excluding steroid dienone is 2. The minimum absolute atomic E-state index is 0.0193. The van der Waals surface area contributed by atoms with Gasteiger partial charge >= 0.3 is 25.7 Å². The molecule has 12 heteroatoms. The number of hydrogen-bond donors (Lipinski definition) is 3. The Kier molecular flexibility index (Phi) is 39.1. The van der Waals surface area contributed by atoms with E-state index in [1.54, 1.807) is 0 Å². The van der Waals surface area contributed by atoms with Crippen LogP contribution in [0.3, 0.4) is 0 Å². The number of carboxylic acid groups (broad SMARTS) is 1. The molecule has 3 N–H and O–H groups in total. The summed E-state index contributed by atoms with van der Waals surface area (Å²) in [6.45, 7) is 3.13. The summed E-state index contributed by atoms with van der Waals surface area (Å²) in [7, 11) is -4.53. The van der Waals surface area contributed by atoms with Crippen LogP contribution in [0.1, 0.15) is 206 Å². The summed E-state index contributed by atoms with van der Waals surface area (Å²) in [6.07, 6.45) is 37.4. The van der Waals surface area contributed by atoms with Crippen molar-refractivity contribution in [1.29, 1.82) is 0 Å². The normalized spacial score (nSPS) is 13.2. The summed E-state index contributed by atoms with van der Waals surface area (Å²) in [5.74, 6) is -1.97. The molecule has 0 rings (SSSR count). The highest BCUT2D eigenvalue weighted by Gasteiger charge is 2.26. The molecule has 0 aliphatic rings. The summed E-state index contributed by atoms with van der Waals surface area (Å²) in [5, 5.41) is 11.2. The molecule has 0 aromatic rings. The number of phosphoric ester groups is 1. The van der Waals surface area contributed by atoms with Crippen LogP contribution in [-0.4, -0.2) is 66.9 Å². The quantitative estimate of drug-likeness (QED) is 0.0233. The van der Waals surface area contributed by atoms with Gasteiger partial charge in [-0.2, -0.15) is 0 Å². The largest absolute Gasteiger partial charge is 0.480 e. The predicted molar refractivity (Wildman–Crippen MR) is 222 cm³/mol. The fourth-order valence-electron chi connectivity index (χ4n) is 6.24. The summed E-state index contributed by atoms with van der Waals surface area (Å²) in [4.78, 5) is 45.8. The van der Waals surface area contributed by atoms with Crippen molar-refractivity contribution < 1.29 is 47.5 Å². The van der Waals surface area contributed by atoms with Crippen LogP contribution in [0.15, 0.2) is 12.2 Å². The van der Waals surface area contributed by atoms with E-state index in [1.165, 1.54) is 109 Å². The number of rotatable bonds is 43. The third-order valence-electron chi connectivity index (χ3n) is 9.59.